The third-order valence-corrected chi connectivity index (χ3v) is 4.87. The fraction of sp³-hybridized carbons (Fsp3) is 0.444. The van der Waals surface area contributed by atoms with Gasteiger partial charge in [0, 0.05) is 43.9 Å². The molecule has 0 amide bonds. The highest BCUT2D eigenvalue weighted by atomic mass is 16.5. The first-order valence-corrected chi connectivity index (χ1v) is 8.07. The van der Waals surface area contributed by atoms with Crippen LogP contribution in [-0.4, -0.2) is 34.1 Å². The average Bonchev–Trinajstić information content (AvgIpc) is 2.80. The molecule has 114 valence electrons. The van der Waals surface area contributed by atoms with Crippen LogP contribution in [0.15, 0.2) is 48.9 Å². The van der Waals surface area contributed by atoms with Crippen molar-refractivity contribution in [2.75, 3.05) is 13.1 Å². The molecule has 2 heterocycles. The van der Waals surface area contributed by atoms with Gasteiger partial charge >= 0.3 is 0 Å². The summed E-state index contributed by atoms with van der Waals surface area (Å²) in [5.41, 5.74) is 1.40. The first-order valence-electron chi connectivity index (χ1n) is 8.07. The molecule has 2 bridgehead atoms. The zero-order chi connectivity index (χ0) is 14.8. The molecule has 3 atom stereocenters. The molecule has 1 aromatic heterocycles. The van der Waals surface area contributed by atoms with Crippen molar-refractivity contribution in [3.05, 3.63) is 54.5 Å². The molecule has 2 fully saturated rings. The lowest BCUT2D eigenvalue weighted by atomic mass is 9.94. The maximum atomic E-state index is 6.14. The van der Waals surface area contributed by atoms with Gasteiger partial charge in [-0.05, 0) is 18.4 Å². The van der Waals surface area contributed by atoms with Gasteiger partial charge in [0.15, 0.2) is 0 Å². The van der Waals surface area contributed by atoms with Crippen LogP contribution in [0.4, 0.5) is 0 Å². The Morgan fingerprint density at radius 3 is 2.50 bits per heavy atom. The number of nitrogens with zero attached hydrogens (tertiary/aromatic N) is 3. The maximum absolute atomic E-state index is 6.14. The minimum atomic E-state index is 0.309. The van der Waals surface area contributed by atoms with Crippen molar-refractivity contribution >= 4 is 0 Å². The lowest BCUT2D eigenvalue weighted by Gasteiger charge is -2.37. The van der Waals surface area contributed by atoms with Crippen LogP contribution in [0.1, 0.15) is 18.4 Å². The summed E-state index contributed by atoms with van der Waals surface area (Å²) in [6, 6.07) is 10.7. The van der Waals surface area contributed by atoms with Crippen molar-refractivity contribution in [1.82, 2.24) is 14.9 Å². The molecule has 1 aliphatic heterocycles. The van der Waals surface area contributed by atoms with Gasteiger partial charge in [0.05, 0.1) is 6.20 Å². The van der Waals surface area contributed by atoms with E-state index in [2.05, 4.69) is 45.2 Å². The first kappa shape index (κ1) is 13.7. The van der Waals surface area contributed by atoms with Crippen LogP contribution in [0.5, 0.6) is 5.88 Å². The Balaban J connectivity index is 1.41. The van der Waals surface area contributed by atoms with E-state index in [0.717, 1.165) is 19.6 Å². The lowest BCUT2D eigenvalue weighted by Crippen LogP contribution is -2.46. The molecular formula is C18H21N3O. The van der Waals surface area contributed by atoms with Crippen molar-refractivity contribution in [1.29, 1.82) is 0 Å². The van der Waals surface area contributed by atoms with E-state index in [1.54, 1.807) is 18.6 Å². The number of hydrogen-bond acceptors (Lipinski definition) is 4. The van der Waals surface area contributed by atoms with Crippen LogP contribution in [0, 0.1) is 11.8 Å². The Labute approximate surface area is 131 Å². The number of hydrogen-bond donors (Lipinski definition) is 0. The Hall–Kier alpha value is -1.94. The predicted octanol–water partition coefficient (Wildman–Crippen LogP) is 2.77. The van der Waals surface area contributed by atoms with Crippen molar-refractivity contribution in [2.45, 2.75) is 25.5 Å². The van der Waals surface area contributed by atoms with Crippen molar-refractivity contribution in [2.24, 2.45) is 11.8 Å². The van der Waals surface area contributed by atoms with E-state index in [0.29, 0.717) is 23.8 Å². The van der Waals surface area contributed by atoms with E-state index in [-0.39, 0.29) is 0 Å². The molecule has 4 rings (SSSR count). The van der Waals surface area contributed by atoms with Gasteiger partial charge < -0.3 is 4.74 Å². The third kappa shape index (κ3) is 2.83. The summed E-state index contributed by atoms with van der Waals surface area (Å²) >= 11 is 0. The molecule has 1 saturated heterocycles. The largest absolute Gasteiger partial charge is 0.473 e. The van der Waals surface area contributed by atoms with E-state index in [4.69, 9.17) is 4.74 Å². The molecule has 2 aliphatic rings. The molecule has 4 nitrogen and oxygen atoms in total. The van der Waals surface area contributed by atoms with Gasteiger partial charge in [-0.3, -0.25) is 9.88 Å². The van der Waals surface area contributed by atoms with E-state index < -0.39 is 0 Å². The molecule has 1 saturated carbocycles. The molecule has 4 heteroatoms. The molecule has 0 spiro atoms. The average molecular weight is 295 g/mol. The standard InChI is InChI=1S/C18H21N3O/c1-2-4-14(5-3-1)11-21-12-15-6-7-16(13-21)18(15)22-17-10-19-8-9-20-17/h1-5,8-10,15-16,18H,6-7,11-13H2/t15-,16+,18?. The van der Waals surface area contributed by atoms with Crippen LogP contribution < -0.4 is 4.74 Å². The molecule has 22 heavy (non-hydrogen) atoms. The van der Waals surface area contributed by atoms with Gasteiger partial charge in [-0.1, -0.05) is 30.3 Å². The topological polar surface area (TPSA) is 38.2 Å². The van der Waals surface area contributed by atoms with Gasteiger partial charge in [-0.25, -0.2) is 4.98 Å². The zero-order valence-corrected chi connectivity index (χ0v) is 12.6. The van der Waals surface area contributed by atoms with Crippen LogP contribution in [-0.2, 0) is 6.54 Å². The zero-order valence-electron chi connectivity index (χ0n) is 12.6. The summed E-state index contributed by atoms with van der Waals surface area (Å²) < 4.78 is 6.14. The number of rotatable bonds is 4. The summed E-state index contributed by atoms with van der Waals surface area (Å²) in [7, 11) is 0. The van der Waals surface area contributed by atoms with E-state index >= 15 is 0 Å². The number of likely N-dealkylation sites (tertiary alicyclic amines) is 1. The molecular weight excluding hydrogens is 274 g/mol. The second kappa shape index (κ2) is 6.05. The maximum Gasteiger partial charge on any atom is 0.232 e. The van der Waals surface area contributed by atoms with E-state index in [1.807, 2.05) is 0 Å². The molecule has 1 aromatic carbocycles. The Morgan fingerprint density at radius 2 is 1.82 bits per heavy atom. The van der Waals surface area contributed by atoms with Crippen molar-refractivity contribution < 1.29 is 4.74 Å². The third-order valence-electron chi connectivity index (χ3n) is 4.87. The number of piperidine rings is 1. The smallest absolute Gasteiger partial charge is 0.232 e. The van der Waals surface area contributed by atoms with Gasteiger partial charge in [0.25, 0.3) is 0 Å². The molecule has 0 N–H and O–H groups in total. The quantitative estimate of drug-likeness (QED) is 0.869. The van der Waals surface area contributed by atoms with Crippen LogP contribution in [0.3, 0.4) is 0 Å². The number of fused-ring (bicyclic) bond motifs is 2. The SMILES string of the molecule is c1ccc(CN2C[C@H]3CC[C@@H](C2)C3Oc2cnccn2)cc1. The lowest BCUT2D eigenvalue weighted by molar-refractivity contribution is 0.0278. The summed E-state index contributed by atoms with van der Waals surface area (Å²) in [5.74, 6) is 1.90. The first-order chi connectivity index (χ1) is 10.9. The van der Waals surface area contributed by atoms with Crippen LogP contribution in [0.25, 0.3) is 0 Å². The highest BCUT2D eigenvalue weighted by Gasteiger charge is 2.43. The summed E-state index contributed by atoms with van der Waals surface area (Å²) in [6.45, 7) is 3.29. The Morgan fingerprint density at radius 1 is 1.05 bits per heavy atom. The second-order valence-corrected chi connectivity index (χ2v) is 6.40. The summed E-state index contributed by atoms with van der Waals surface area (Å²) in [5, 5.41) is 0. The minimum absolute atomic E-state index is 0.309. The fourth-order valence-corrected chi connectivity index (χ4v) is 3.92. The van der Waals surface area contributed by atoms with Gasteiger partial charge in [-0.15, -0.1) is 0 Å². The monoisotopic (exact) mass is 295 g/mol. The number of aromatic nitrogens is 2. The fourth-order valence-electron chi connectivity index (χ4n) is 3.92. The molecule has 1 unspecified atom stereocenters. The van der Waals surface area contributed by atoms with E-state index in [1.165, 1.54) is 18.4 Å². The minimum Gasteiger partial charge on any atom is -0.473 e. The number of benzene rings is 1. The Kier molecular flexibility index (Phi) is 3.77. The predicted molar refractivity (Wildman–Crippen MR) is 84.4 cm³/mol. The molecule has 1 aliphatic carbocycles. The van der Waals surface area contributed by atoms with E-state index in [9.17, 15) is 0 Å². The highest BCUT2D eigenvalue weighted by Crippen LogP contribution is 2.39. The molecule has 0 radical (unpaired) electrons. The normalized spacial score (nSPS) is 27.7. The van der Waals surface area contributed by atoms with Crippen LogP contribution >= 0.6 is 0 Å². The highest BCUT2D eigenvalue weighted by molar-refractivity contribution is 5.15. The van der Waals surface area contributed by atoms with Crippen molar-refractivity contribution in [3.63, 3.8) is 0 Å². The van der Waals surface area contributed by atoms with Gasteiger partial charge in [-0.2, -0.15) is 0 Å². The second-order valence-electron chi connectivity index (χ2n) is 6.40. The Bertz CT molecular complexity index is 590. The molecule has 2 aromatic rings. The number of ether oxygens (including phenoxy) is 1. The van der Waals surface area contributed by atoms with Crippen LogP contribution in [0.2, 0.25) is 0 Å². The van der Waals surface area contributed by atoms with Crippen molar-refractivity contribution in [3.8, 4) is 5.88 Å². The summed E-state index contributed by atoms with van der Waals surface area (Å²) in [6.07, 6.45) is 7.94. The van der Waals surface area contributed by atoms with Gasteiger partial charge in [0.1, 0.15) is 6.10 Å². The van der Waals surface area contributed by atoms with Gasteiger partial charge in [0.2, 0.25) is 5.88 Å². The summed E-state index contributed by atoms with van der Waals surface area (Å²) in [4.78, 5) is 10.9.